The van der Waals surface area contributed by atoms with Crippen molar-refractivity contribution in [2.75, 3.05) is 13.7 Å². The minimum absolute atomic E-state index is 0.119. The van der Waals surface area contributed by atoms with Crippen molar-refractivity contribution in [3.63, 3.8) is 0 Å². The molecular formula is C28H36N2O2. The number of nitrogens with zero attached hydrogens (tertiary/aromatic N) is 1. The number of phenolic OH excluding ortho intramolecular Hbond substituents is 1. The molecule has 4 nitrogen and oxygen atoms in total. The van der Waals surface area contributed by atoms with Gasteiger partial charge in [-0.1, -0.05) is 53.7 Å². The van der Waals surface area contributed by atoms with E-state index in [9.17, 15) is 5.11 Å². The highest BCUT2D eigenvalue weighted by Crippen LogP contribution is 2.40. The lowest BCUT2D eigenvalue weighted by Crippen LogP contribution is -2.18. The van der Waals surface area contributed by atoms with Crippen LogP contribution in [0.5, 0.6) is 11.5 Å². The summed E-state index contributed by atoms with van der Waals surface area (Å²) < 4.78 is 5.44. The van der Waals surface area contributed by atoms with Gasteiger partial charge in [-0.05, 0) is 70.5 Å². The van der Waals surface area contributed by atoms with Crippen LogP contribution in [0.25, 0.3) is 10.9 Å². The summed E-state index contributed by atoms with van der Waals surface area (Å²) in [5.74, 6) is 1.33. The summed E-state index contributed by atoms with van der Waals surface area (Å²) in [5, 5.41) is 12.3. The first kappa shape index (κ1) is 22.4. The number of H-pyrrole nitrogens is 1. The van der Waals surface area contributed by atoms with Crippen LogP contribution in [0.15, 0.2) is 35.3 Å². The predicted molar refractivity (Wildman–Crippen MR) is 134 cm³/mol. The van der Waals surface area contributed by atoms with Gasteiger partial charge < -0.3 is 14.8 Å². The van der Waals surface area contributed by atoms with Crippen molar-refractivity contribution >= 4 is 16.6 Å². The normalized spacial score (nSPS) is 14.4. The number of rotatable bonds is 4. The van der Waals surface area contributed by atoms with E-state index in [0.29, 0.717) is 5.75 Å². The smallest absolute Gasteiger partial charge is 0.123 e. The van der Waals surface area contributed by atoms with Crippen LogP contribution in [0.3, 0.4) is 0 Å². The van der Waals surface area contributed by atoms with Crippen LogP contribution >= 0.6 is 0 Å². The van der Waals surface area contributed by atoms with E-state index in [1.54, 1.807) is 7.11 Å². The quantitative estimate of drug-likeness (QED) is 0.497. The number of aromatic nitrogens is 1. The lowest BCUT2D eigenvalue weighted by atomic mass is 9.78. The third-order valence-corrected chi connectivity index (χ3v) is 6.50. The fraction of sp³-hybridized carbons (Fsp3) is 0.464. The zero-order valence-electron chi connectivity index (χ0n) is 20.5. The van der Waals surface area contributed by atoms with Crippen molar-refractivity contribution in [1.82, 2.24) is 4.98 Å². The highest BCUT2D eigenvalue weighted by molar-refractivity contribution is 6.06. The van der Waals surface area contributed by atoms with Crippen molar-refractivity contribution in [3.8, 4) is 11.5 Å². The second-order valence-corrected chi connectivity index (χ2v) is 11.0. The van der Waals surface area contributed by atoms with E-state index >= 15 is 0 Å². The van der Waals surface area contributed by atoms with Crippen molar-refractivity contribution < 1.29 is 9.84 Å². The summed E-state index contributed by atoms with van der Waals surface area (Å²) in [5.41, 5.74) is 7.85. The summed E-state index contributed by atoms with van der Waals surface area (Å²) in [6.07, 6.45) is 2.71. The molecule has 0 amide bonds. The monoisotopic (exact) mass is 432 g/mol. The van der Waals surface area contributed by atoms with Crippen LogP contribution in [-0.4, -0.2) is 29.5 Å². The molecule has 0 spiro atoms. The molecule has 0 fully saturated rings. The first-order chi connectivity index (χ1) is 15.0. The average molecular weight is 433 g/mol. The van der Waals surface area contributed by atoms with Crippen LogP contribution in [0, 0.1) is 0 Å². The van der Waals surface area contributed by atoms with Gasteiger partial charge in [0.05, 0.1) is 18.5 Å². The molecule has 0 bridgehead atoms. The van der Waals surface area contributed by atoms with Crippen molar-refractivity contribution in [2.24, 2.45) is 4.99 Å². The van der Waals surface area contributed by atoms with Gasteiger partial charge in [-0.25, -0.2) is 0 Å². The zero-order valence-corrected chi connectivity index (χ0v) is 20.5. The third kappa shape index (κ3) is 4.15. The van der Waals surface area contributed by atoms with Gasteiger partial charge in [-0.2, -0.15) is 0 Å². The molecule has 170 valence electrons. The molecule has 4 rings (SSSR count). The highest BCUT2D eigenvalue weighted by atomic mass is 16.5. The van der Waals surface area contributed by atoms with Crippen molar-refractivity contribution in [1.29, 1.82) is 0 Å². The number of fused-ring (bicyclic) bond motifs is 3. The molecule has 0 atom stereocenters. The van der Waals surface area contributed by atoms with Gasteiger partial charge in [0.25, 0.3) is 0 Å². The summed E-state index contributed by atoms with van der Waals surface area (Å²) >= 11 is 0. The molecule has 1 aliphatic heterocycles. The van der Waals surface area contributed by atoms with E-state index in [2.05, 4.69) is 70.8 Å². The Morgan fingerprint density at radius 3 is 2.22 bits per heavy atom. The van der Waals surface area contributed by atoms with Gasteiger partial charge in [-0.15, -0.1) is 0 Å². The lowest BCUT2D eigenvalue weighted by molar-refractivity contribution is 0.415. The van der Waals surface area contributed by atoms with Gasteiger partial charge in [0, 0.05) is 17.4 Å². The molecule has 3 aromatic rings. The first-order valence-electron chi connectivity index (χ1n) is 11.6. The van der Waals surface area contributed by atoms with E-state index in [4.69, 9.17) is 9.73 Å². The fourth-order valence-electron chi connectivity index (χ4n) is 4.69. The largest absolute Gasteiger partial charge is 0.507 e. The number of benzene rings is 2. The Kier molecular flexibility index (Phi) is 5.60. The number of aryl methyl sites for hydroxylation is 1. The number of ether oxygens (including phenoxy) is 1. The van der Waals surface area contributed by atoms with Crippen molar-refractivity contribution in [3.05, 3.63) is 58.3 Å². The van der Waals surface area contributed by atoms with E-state index in [1.807, 2.05) is 6.07 Å². The number of nitrogens with one attached hydrogen (secondary N) is 1. The van der Waals surface area contributed by atoms with Gasteiger partial charge >= 0.3 is 0 Å². The average Bonchev–Trinajstić information content (AvgIpc) is 3.09. The Labute approximate surface area is 191 Å². The zero-order chi connectivity index (χ0) is 23.3. The summed E-state index contributed by atoms with van der Waals surface area (Å²) in [6.45, 7) is 13.8. The number of hydrogen-bond donors (Lipinski definition) is 2. The molecule has 2 aromatic carbocycles. The minimum Gasteiger partial charge on any atom is -0.507 e. The second kappa shape index (κ2) is 7.99. The van der Waals surface area contributed by atoms with Gasteiger partial charge in [0.1, 0.15) is 11.5 Å². The Bertz CT molecular complexity index is 1150. The summed E-state index contributed by atoms with van der Waals surface area (Å²) in [6, 6.07) is 10.6. The number of hydrogen-bond acceptors (Lipinski definition) is 3. The van der Waals surface area contributed by atoms with Gasteiger partial charge in [0.2, 0.25) is 0 Å². The molecule has 0 unspecified atom stereocenters. The Morgan fingerprint density at radius 2 is 1.62 bits per heavy atom. The maximum Gasteiger partial charge on any atom is 0.123 e. The van der Waals surface area contributed by atoms with E-state index < -0.39 is 0 Å². The van der Waals surface area contributed by atoms with Crippen molar-refractivity contribution in [2.45, 2.75) is 71.6 Å². The van der Waals surface area contributed by atoms with Crippen LogP contribution in [0.2, 0.25) is 0 Å². The molecule has 0 saturated carbocycles. The standard InChI is InChI=1S/C28H36N2O2/c1-27(2,3)21-14-17(15-22(26(21)31)28(4,5)6)8-10-24-25-19(12-13-29-24)20-16-18(32-7)9-11-23(20)30-25/h9,11,14-16,30-31H,8,10,12-13H2,1-7H3. The lowest BCUT2D eigenvalue weighted by Gasteiger charge is -2.28. The molecule has 0 saturated heterocycles. The Morgan fingerprint density at radius 1 is 0.969 bits per heavy atom. The van der Waals surface area contributed by atoms with Gasteiger partial charge in [0.15, 0.2) is 0 Å². The van der Waals surface area contributed by atoms with E-state index in [1.165, 1.54) is 22.2 Å². The summed E-state index contributed by atoms with van der Waals surface area (Å²) in [7, 11) is 1.71. The van der Waals surface area contributed by atoms with E-state index in [0.717, 1.165) is 53.9 Å². The second-order valence-electron chi connectivity index (χ2n) is 11.0. The minimum atomic E-state index is -0.119. The van der Waals surface area contributed by atoms with Crippen LogP contribution in [-0.2, 0) is 23.7 Å². The number of aliphatic imine (C=N–C) groups is 1. The molecule has 0 radical (unpaired) electrons. The molecule has 0 aliphatic carbocycles. The molecule has 2 N–H and O–H groups in total. The topological polar surface area (TPSA) is 57.6 Å². The molecule has 1 aromatic heterocycles. The third-order valence-electron chi connectivity index (χ3n) is 6.50. The molecule has 2 heterocycles. The molecule has 32 heavy (non-hydrogen) atoms. The maximum absolute atomic E-state index is 11.0. The maximum atomic E-state index is 11.0. The fourth-order valence-corrected chi connectivity index (χ4v) is 4.69. The van der Waals surface area contributed by atoms with Gasteiger partial charge in [-0.3, -0.25) is 4.99 Å². The van der Waals surface area contributed by atoms with Crippen LogP contribution in [0.1, 0.15) is 75.9 Å². The first-order valence-corrected chi connectivity index (χ1v) is 11.6. The molecule has 1 aliphatic rings. The Balaban J connectivity index is 1.67. The number of methoxy groups -OCH3 is 1. The Hall–Kier alpha value is -2.75. The van der Waals surface area contributed by atoms with E-state index in [-0.39, 0.29) is 10.8 Å². The SMILES string of the molecule is COc1ccc2[nH]c3c(c2c1)CCN=C3CCc1cc(C(C)(C)C)c(O)c(C(C)(C)C)c1. The predicted octanol–water partition coefficient (Wildman–Crippen LogP) is 6.46. The van der Waals surface area contributed by atoms with Crippen LogP contribution in [0.4, 0.5) is 0 Å². The molecule has 4 heteroatoms. The summed E-state index contributed by atoms with van der Waals surface area (Å²) in [4.78, 5) is 8.50. The number of aromatic hydroxyl groups is 1. The highest BCUT2D eigenvalue weighted by Gasteiger charge is 2.27. The van der Waals surface area contributed by atoms with Crippen LogP contribution < -0.4 is 4.74 Å². The number of phenols is 1. The molecular weight excluding hydrogens is 396 g/mol. The number of aromatic amines is 1.